The summed E-state index contributed by atoms with van der Waals surface area (Å²) in [4.78, 5) is 110. The first-order valence-corrected chi connectivity index (χ1v) is 39.1. The number of aromatic nitrogens is 2. The van der Waals surface area contributed by atoms with Gasteiger partial charge in [0, 0.05) is 75.3 Å². The summed E-state index contributed by atoms with van der Waals surface area (Å²) in [6.45, 7) is 14.5. The first kappa shape index (κ1) is 103. The maximum Gasteiger partial charge on any atom is 0.408 e. The van der Waals surface area contributed by atoms with Crippen molar-refractivity contribution in [2.75, 3.05) is 12.9 Å². The number of alkyl halides is 4. The molecule has 0 bridgehead atoms. The number of Topliss-reactive ketones (excluding diaryl/α,β-unsaturated/α-hetero) is 4. The van der Waals surface area contributed by atoms with E-state index < -0.39 is 88.1 Å². The van der Waals surface area contributed by atoms with E-state index in [1.54, 1.807) is 6.92 Å². The Labute approximate surface area is 688 Å². The quantitative estimate of drug-likeness (QED) is 0.0135. The number of rotatable bonds is 35. The summed E-state index contributed by atoms with van der Waals surface area (Å²) >= 11 is 0. The number of benzene rings is 5. The lowest BCUT2D eigenvalue weighted by Crippen LogP contribution is -2.47. The first-order chi connectivity index (χ1) is 54.8. The van der Waals surface area contributed by atoms with Gasteiger partial charge in [-0.3, -0.25) is 48.2 Å². The number of carbonyl (C=O) groups is 7. The zero-order valence-electron chi connectivity index (χ0n) is 67.0. The number of hydrogen-bond donors (Lipinski definition) is 8. The van der Waals surface area contributed by atoms with E-state index in [4.69, 9.17) is 52.8 Å². The van der Waals surface area contributed by atoms with Gasteiger partial charge >= 0.3 is 24.1 Å². The Balaban J connectivity index is 0.000000743. The molecule has 7 rings (SSSR count). The summed E-state index contributed by atoms with van der Waals surface area (Å²) in [7, 11) is -3.08. The minimum absolute atomic E-state index is 0. The van der Waals surface area contributed by atoms with Crippen LogP contribution in [0.3, 0.4) is 0 Å². The molecule has 0 aliphatic heterocycles. The number of halogens is 4. The molecule has 25 heteroatoms. The largest absolute Gasteiger partial charge is 0.445 e. The lowest BCUT2D eigenvalue weighted by atomic mass is 9.90. The first-order valence-electron chi connectivity index (χ1n) is 37.1. The maximum absolute atomic E-state index is 14.3. The van der Waals surface area contributed by atoms with E-state index in [9.17, 15) is 69.8 Å². The van der Waals surface area contributed by atoms with Gasteiger partial charge in [0.05, 0.1) is 48.2 Å². The highest BCUT2D eigenvalue weighted by Crippen LogP contribution is 2.49. The number of hydrogen-bond acceptors (Lipinski definition) is 15. The Morgan fingerprint density at radius 1 is 0.598 bits per heavy atom. The van der Waals surface area contributed by atoms with Gasteiger partial charge < -0.3 is 35.1 Å². The fourth-order valence-electron chi connectivity index (χ4n) is 10.6. The van der Waals surface area contributed by atoms with E-state index in [0.29, 0.717) is 63.5 Å². The van der Waals surface area contributed by atoms with Crippen LogP contribution in [0, 0.1) is 116 Å². The molecule has 1 fully saturated rings. The van der Waals surface area contributed by atoms with Crippen LogP contribution < -0.4 is 32.5 Å². The van der Waals surface area contributed by atoms with E-state index >= 15 is 0 Å². The SMILES string of the molecule is C.C#CC#CC#C.C#CC1(CC(=O)[C@H](CC(C)(C)F)N[C@@H](c2ccc(S(C)(O)O)cc2)C(F)(F)F)CC1.C#CCCC(=O)[C@H](CC(C)C)NC(=O)OCc1ccccc1.C#CCCC(=O)[C@H](Cc1ccccc1)NC(C)=O.C#C[C@H](COCc1ccccc1)CC(=O)[C@H](CC(C)C)NC(=O)OCc1ccccc1.Cc1c[nH]c(=O)[nH]c1=O. The average molecular weight is 1630 g/mol. The normalized spacial score (nSPS) is 13.0. The van der Waals surface area contributed by atoms with Crippen molar-refractivity contribution in [3.63, 3.8) is 0 Å². The summed E-state index contributed by atoms with van der Waals surface area (Å²) in [5, 5.41) is 10.3. The molecule has 1 saturated carbocycles. The number of H-pyrrole nitrogens is 2. The molecule has 3 amide bonds. The van der Waals surface area contributed by atoms with E-state index in [1.807, 2.05) is 149 Å². The third kappa shape index (κ3) is 45.8. The second-order valence-corrected chi connectivity index (χ2v) is 30.6. The number of alkyl carbamates (subject to hydrolysis) is 2. The van der Waals surface area contributed by atoms with Crippen molar-refractivity contribution < 1.29 is 74.4 Å². The zero-order valence-corrected chi connectivity index (χ0v) is 67.9. The number of amides is 3. The Hall–Kier alpha value is -11.7. The molecule has 20 nitrogen and oxygen atoms in total. The Morgan fingerprint density at radius 3 is 1.40 bits per heavy atom. The van der Waals surface area contributed by atoms with Crippen LogP contribution in [0.15, 0.2) is 166 Å². The van der Waals surface area contributed by atoms with Crippen LogP contribution in [-0.4, -0.2) is 109 Å². The predicted octanol–water partition coefficient (Wildman–Crippen LogP) is 15.5. The smallest absolute Gasteiger partial charge is 0.408 e. The number of terminal acetylenes is 6. The summed E-state index contributed by atoms with van der Waals surface area (Å²) in [5.41, 5.74) is 0.822. The number of ether oxygens (including phenoxy) is 3. The summed E-state index contributed by atoms with van der Waals surface area (Å²) in [6.07, 6.45) is 31.2. The molecular formula is C92H110F4N6O14S. The van der Waals surface area contributed by atoms with Gasteiger partial charge in [0.25, 0.3) is 5.56 Å². The van der Waals surface area contributed by atoms with Gasteiger partial charge in [0.15, 0.2) is 23.1 Å². The molecule has 0 unspecified atom stereocenters. The molecule has 6 atom stereocenters. The van der Waals surface area contributed by atoms with Crippen molar-refractivity contribution in [3.8, 4) is 85.9 Å². The molecule has 0 radical (unpaired) electrons. The molecule has 626 valence electrons. The molecule has 117 heavy (non-hydrogen) atoms. The fourth-order valence-corrected chi connectivity index (χ4v) is 11.3. The van der Waals surface area contributed by atoms with Crippen LogP contribution in [0.2, 0.25) is 0 Å². The van der Waals surface area contributed by atoms with Crippen molar-refractivity contribution in [1.82, 2.24) is 31.2 Å². The molecule has 8 N–H and O–H groups in total. The molecule has 0 spiro atoms. The Kier molecular flexibility index (Phi) is 48.5. The summed E-state index contributed by atoms with van der Waals surface area (Å²) in [5.74, 6) is 17.9. The van der Waals surface area contributed by atoms with Crippen molar-refractivity contribution in [1.29, 1.82) is 0 Å². The molecule has 6 aromatic rings. The Bertz CT molecular complexity index is 4490. The molecule has 1 aromatic heterocycles. The van der Waals surface area contributed by atoms with E-state index in [2.05, 4.69) is 78.6 Å². The summed E-state index contributed by atoms with van der Waals surface area (Å²) < 4.78 is 91.2. The van der Waals surface area contributed by atoms with Crippen LogP contribution in [0.25, 0.3) is 0 Å². The van der Waals surface area contributed by atoms with Crippen LogP contribution in [-0.2, 0) is 64.4 Å². The van der Waals surface area contributed by atoms with Gasteiger partial charge in [-0.2, -0.15) is 23.8 Å². The molecule has 1 aliphatic rings. The van der Waals surface area contributed by atoms with Gasteiger partial charge in [-0.1, -0.05) is 175 Å². The molecule has 1 heterocycles. The van der Waals surface area contributed by atoms with E-state index in [0.717, 1.165) is 34.4 Å². The van der Waals surface area contributed by atoms with Gasteiger partial charge in [0.1, 0.15) is 24.9 Å². The fraction of sp³-hybridized carbons (Fsp3) is 0.402. The number of aromatic amines is 2. The predicted molar refractivity (Wildman–Crippen MR) is 452 cm³/mol. The van der Waals surface area contributed by atoms with Crippen LogP contribution in [0.4, 0.5) is 27.2 Å². The van der Waals surface area contributed by atoms with Gasteiger partial charge in [-0.05, 0) is 128 Å². The van der Waals surface area contributed by atoms with Gasteiger partial charge in [-0.25, -0.2) is 18.8 Å². The molecule has 1 aliphatic carbocycles. The standard InChI is InChI=1S/C26H31NO4.C21H27F4NO3S.C18H23NO3.C15H17NO2.C6H2.C5H6N2O2.CH4/c1-4-21(17-30-18-22-11-7-5-8-12-22)16-25(28)24(15-20(2)3)27-26(29)31-19-23-13-9-6-10-14-23;1-5-20(10-11-20)13-17(27)16(12-19(2,3)22)26-18(21(23,24)25)14-6-8-15(9-7-14)30(4,28)29;1-4-5-11-17(20)16(12-14(2)3)19-18(21)22-13-15-9-7-6-8-10-15;1-3-4-10-15(18)14(16-12(2)17)11-13-8-6-5-7-9-13;1-3-5-6-4-2;1-3-2-6-5(9)7-4(3)8;/h1,5-14,20-21,24H,15-19H2,2-3H3,(H,27,29);1,6-9,16,18,26,28-29H,10-13H2,2-4H3;1,6-10,14,16H,5,11-13H2,2-3H3,(H,19,21);1,5-9,14H,4,10-11H2,2H3,(H,16,17);1-2H;2H,1H3,(H2,6,7,8,9);1H4/t21-,24-;16-,18-;16-;14-;;;/m0000.../s1. The number of aryl methyl sites for hydroxylation is 1. The average Bonchev–Trinajstić information content (AvgIpc) is 1.47. The number of carbonyl (C=O) groups excluding carboxylic acids is 7. The monoisotopic (exact) mass is 1630 g/mol. The highest BCUT2D eigenvalue weighted by molar-refractivity contribution is 8.23. The zero-order chi connectivity index (χ0) is 86.9. The van der Waals surface area contributed by atoms with Gasteiger partial charge in [-0.15, -0.1) is 56.3 Å². The minimum Gasteiger partial charge on any atom is -0.445 e. The lowest BCUT2D eigenvalue weighted by molar-refractivity contribution is -0.161. The minimum atomic E-state index is -4.77. The number of ketones is 4. The topological polar surface area (TPSA) is 301 Å². The van der Waals surface area contributed by atoms with E-state index in [1.165, 1.54) is 45.4 Å². The highest BCUT2D eigenvalue weighted by Gasteiger charge is 2.47. The van der Waals surface area contributed by atoms with Crippen LogP contribution in [0.5, 0.6) is 0 Å². The Morgan fingerprint density at radius 2 is 1.03 bits per heavy atom. The third-order valence-corrected chi connectivity index (χ3v) is 17.9. The van der Waals surface area contributed by atoms with Crippen molar-refractivity contribution in [2.24, 2.45) is 23.2 Å². The molecule has 0 saturated heterocycles. The molecular weight excluding hydrogens is 1520 g/mol. The number of nitrogens with one attached hydrogen (secondary N) is 6. The van der Waals surface area contributed by atoms with Crippen molar-refractivity contribution in [3.05, 3.63) is 206 Å². The summed E-state index contributed by atoms with van der Waals surface area (Å²) in [6, 6.07) is 37.5. The van der Waals surface area contributed by atoms with Crippen LogP contribution >= 0.6 is 10.6 Å². The van der Waals surface area contributed by atoms with Crippen molar-refractivity contribution >= 4 is 51.8 Å². The maximum atomic E-state index is 14.3. The lowest BCUT2D eigenvalue weighted by Gasteiger charge is -2.31. The second kappa shape index (κ2) is 55.0. The van der Waals surface area contributed by atoms with Gasteiger partial charge in [0.2, 0.25) is 5.91 Å². The van der Waals surface area contributed by atoms with Crippen LogP contribution in [0.1, 0.15) is 166 Å². The third-order valence-electron chi connectivity index (χ3n) is 16.7. The van der Waals surface area contributed by atoms with E-state index in [-0.39, 0.29) is 104 Å². The molecule has 5 aromatic carbocycles. The second-order valence-electron chi connectivity index (χ2n) is 28.5. The highest BCUT2D eigenvalue weighted by atomic mass is 32.3. The van der Waals surface area contributed by atoms with Crippen molar-refractivity contribution in [2.45, 2.75) is 207 Å².